The van der Waals surface area contributed by atoms with Crippen LogP contribution in [-0.4, -0.2) is 61.1 Å². The first kappa shape index (κ1) is 15.0. The minimum Gasteiger partial charge on any atom is -0.377 e. The fraction of sp³-hybridized carbons (Fsp3) is 0.688. The van der Waals surface area contributed by atoms with Crippen molar-refractivity contribution in [3.05, 3.63) is 22.4 Å². The second-order valence-corrected chi connectivity index (χ2v) is 6.93. The van der Waals surface area contributed by atoms with Gasteiger partial charge in [-0.1, -0.05) is 6.07 Å². The molecule has 0 N–H and O–H groups in total. The lowest BCUT2D eigenvalue weighted by molar-refractivity contribution is -0.133. The molecule has 2 aliphatic rings. The standard InChI is InChI=1S/C16H24N2O2S/c19-16(6-5-15-4-2-12-21-15)18-9-7-17(8-10-18)13-14-3-1-11-20-14/h2,4,12,14H,1,3,5-11,13H2. The van der Waals surface area contributed by atoms with Crippen molar-refractivity contribution in [2.45, 2.75) is 31.8 Å². The highest BCUT2D eigenvalue weighted by molar-refractivity contribution is 7.09. The summed E-state index contributed by atoms with van der Waals surface area (Å²) in [5, 5.41) is 2.07. The Morgan fingerprint density at radius 2 is 2.19 bits per heavy atom. The van der Waals surface area contributed by atoms with Gasteiger partial charge in [-0.05, 0) is 30.7 Å². The molecule has 3 heterocycles. The van der Waals surface area contributed by atoms with Crippen LogP contribution in [0.1, 0.15) is 24.1 Å². The quantitative estimate of drug-likeness (QED) is 0.834. The fourth-order valence-electron chi connectivity index (χ4n) is 3.10. The summed E-state index contributed by atoms with van der Waals surface area (Å²) in [6, 6.07) is 4.16. The third-order valence-electron chi connectivity index (χ3n) is 4.38. The van der Waals surface area contributed by atoms with Crippen LogP contribution in [0, 0.1) is 0 Å². The molecular formula is C16H24N2O2S. The van der Waals surface area contributed by atoms with E-state index in [9.17, 15) is 4.79 Å². The zero-order chi connectivity index (χ0) is 14.5. The molecule has 1 unspecified atom stereocenters. The van der Waals surface area contributed by atoms with Crippen LogP contribution in [0.25, 0.3) is 0 Å². The van der Waals surface area contributed by atoms with Crippen LogP contribution in [0.4, 0.5) is 0 Å². The Balaban J connectivity index is 1.37. The SMILES string of the molecule is O=C(CCc1cccs1)N1CCN(CC2CCCO2)CC1. The number of ether oxygens (including phenoxy) is 1. The minimum absolute atomic E-state index is 0.306. The van der Waals surface area contributed by atoms with E-state index in [1.54, 1.807) is 11.3 Å². The first-order chi connectivity index (χ1) is 10.3. The molecule has 0 aliphatic carbocycles. The Hall–Kier alpha value is -0.910. The molecule has 2 fully saturated rings. The molecule has 0 spiro atoms. The lowest BCUT2D eigenvalue weighted by atomic mass is 10.2. The average Bonchev–Trinajstić information content (AvgIpc) is 3.19. The highest BCUT2D eigenvalue weighted by Crippen LogP contribution is 2.15. The van der Waals surface area contributed by atoms with E-state index in [0.717, 1.165) is 45.8 Å². The summed E-state index contributed by atoms with van der Waals surface area (Å²) in [5.74, 6) is 0.306. The molecule has 21 heavy (non-hydrogen) atoms. The van der Waals surface area contributed by atoms with Gasteiger partial charge >= 0.3 is 0 Å². The summed E-state index contributed by atoms with van der Waals surface area (Å²) in [6.07, 6.45) is 4.34. The monoisotopic (exact) mass is 308 g/mol. The molecule has 1 aromatic rings. The van der Waals surface area contributed by atoms with Crippen LogP contribution < -0.4 is 0 Å². The summed E-state index contributed by atoms with van der Waals surface area (Å²) in [7, 11) is 0. The van der Waals surface area contributed by atoms with Crippen LogP contribution >= 0.6 is 11.3 Å². The second kappa shape index (κ2) is 7.38. The van der Waals surface area contributed by atoms with Crippen molar-refractivity contribution in [2.75, 3.05) is 39.3 Å². The largest absolute Gasteiger partial charge is 0.377 e. The average molecular weight is 308 g/mol. The summed E-state index contributed by atoms with van der Waals surface area (Å²) in [6.45, 7) is 5.68. The van der Waals surface area contributed by atoms with E-state index in [1.807, 2.05) is 11.0 Å². The number of carbonyl (C=O) groups is 1. The van der Waals surface area contributed by atoms with E-state index in [0.29, 0.717) is 18.4 Å². The van der Waals surface area contributed by atoms with Gasteiger partial charge in [0, 0.05) is 50.6 Å². The number of thiophene rings is 1. The van der Waals surface area contributed by atoms with Crippen molar-refractivity contribution in [1.82, 2.24) is 9.80 Å². The Kier molecular flexibility index (Phi) is 5.27. The van der Waals surface area contributed by atoms with Gasteiger partial charge in [-0.25, -0.2) is 0 Å². The zero-order valence-electron chi connectivity index (χ0n) is 12.5. The third-order valence-corrected chi connectivity index (χ3v) is 5.31. The predicted molar refractivity (Wildman–Crippen MR) is 84.6 cm³/mol. The molecular weight excluding hydrogens is 284 g/mol. The normalized spacial score (nSPS) is 23.6. The highest BCUT2D eigenvalue weighted by Gasteiger charge is 2.24. The van der Waals surface area contributed by atoms with Crippen molar-refractivity contribution >= 4 is 17.2 Å². The number of amides is 1. The molecule has 2 saturated heterocycles. The number of rotatable bonds is 5. The van der Waals surface area contributed by atoms with Gasteiger partial charge in [0.2, 0.25) is 5.91 Å². The van der Waals surface area contributed by atoms with Crippen molar-refractivity contribution in [3.63, 3.8) is 0 Å². The second-order valence-electron chi connectivity index (χ2n) is 5.90. The van der Waals surface area contributed by atoms with Crippen LogP contribution in [0.3, 0.4) is 0 Å². The first-order valence-electron chi connectivity index (χ1n) is 7.95. The van der Waals surface area contributed by atoms with Gasteiger partial charge < -0.3 is 9.64 Å². The smallest absolute Gasteiger partial charge is 0.223 e. The van der Waals surface area contributed by atoms with Gasteiger partial charge in [-0.2, -0.15) is 0 Å². The van der Waals surface area contributed by atoms with Crippen molar-refractivity contribution in [3.8, 4) is 0 Å². The van der Waals surface area contributed by atoms with E-state index in [4.69, 9.17) is 4.74 Å². The lowest BCUT2D eigenvalue weighted by Gasteiger charge is -2.35. The van der Waals surface area contributed by atoms with Crippen molar-refractivity contribution in [2.24, 2.45) is 0 Å². The molecule has 116 valence electrons. The number of hydrogen-bond donors (Lipinski definition) is 0. The summed E-state index contributed by atoms with van der Waals surface area (Å²) in [4.78, 5) is 18.0. The number of nitrogens with zero attached hydrogens (tertiary/aromatic N) is 2. The maximum Gasteiger partial charge on any atom is 0.223 e. The fourth-order valence-corrected chi connectivity index (χ4v) is 3.81. The molecule has 5 heteroatoms. The zero-order valence-corrected chi connectivity index (χ0v) is 13.3. The predicted octanol–water partition coefficient (Wildman–Crippen LogP) is 2.00. The Morgan fingerprint density at radius 1 is 1.33 bits per heavy atom. The number of aryl methyl sites for hydroxylation is 1. The Bertz CT molecular complexity index is 435. The Morgan fingerprint density at radius 3 is 2.86 bits per heavy atom. The number of hydrogen-bond acceptors (Lipinski definition) is 4. The molecule has 0 saturated carbocycles. The molecule has 4 nitrogen and oxygen atoms in total. The summed E-state index contributed by atoms with van der Waals surface area (Å²) < 4.78 is 5.69. The van der Waals surface area contributed by atoms with Gasteiger partial charge in [0.1, 0.15) is 0 Å². The van der Waals surface area contributed by atoms with Crippen LogP contribution in [-0.2, 0) is 16.0 Å². The molecule has 0 radical (unpaired) electrons. The van der Waals surface area contributed by atoms with E-state index in [2.05, 4.69) is 16.3 Å². The summed E-state index contributed by atoms with van der Waals surface area (Å²) in [5.41, 5.74) is 0. The van der Waals surface area contributed by atoms with E-state index < -0.39 is 0 Å². The van der Waals surface area contributed by atoms with Crippen molar-refractivity contribution < 1.29 is 9.53 Å². The van der Waals surface area contributed by atoms with Gasteiger partial charge in [-0.15, -0.1) is 11.3 Å². The maximum atomic E-state index is 12.2. The molecule has 1 aromatic heterocycles. The first-order valence-corrected chi connectivity index (χ1v) is 8.83. The molecule has 1 atom stereocenters. The van der Waals surface area contributed by atoms with Crippen LogP contribution in [0.15, 0.2) is 17.5 Å². The topological polar surface area (TPSA) is 32.8 Å². The van der Waals surface area contributed by atoms with E-state index in [-0.39, 0.29) is 0 Å². The van der Waals surface area contributed by atoms with Crippen molar-refractivity contribution in [1.29, 1.82) is 0 Å². The van der Waals surface area contributed by atoms with Gasteiger partial charge in [0.15, 0.2) is 0 Å². The van der Waals surface area contributed by atoms with Gasteiger partial charge in [0.25, 0.3) is 0 Å². The lowest BCUT2D eigenvalue weighted by Crippen LogP contribution is -2.50. The van der Waals surface area contributed by atoms with E-state index >= 15 is 0 Å². The minimum atomic E-state index is 0.306. The highest BCUT2D eigenvalue weighted by atomic mass is 32.1. The summed E-state index contributed by atoms with van der Waals surface area (Å²) >= 11 is 1.74. The Labute approximate surface area is 130 Å². The molecule has 3 rings (SSSR count). The maximum absolute atomic E-state index is 12.2. The van der Waals surface area contributed by atoms with Gasteiger partial charge in [-0.3, -0.25) is 9.69 Å². The number of carbonyl (C=O) groups excluding carboxylic acids is 1. The molecule has 0 aromatic carbocycles. The molecule has 1 amide bonds. The third kappa shape index (κ3) is 4.28. The van der Waals surface area contributed by atoms with Crippen LogP contribution in [0.5, 0.6) is 0 Å². The van der Waals surface area contributed by atoms with Gasteiger partial charge in [0.05, 0.1) is 6.10 Å². The molecule has 0 bridgehead atoms. The molecule has 2 aliphatic heterocycles. The van der Waals surface area contributed by atoms with Crippen LogP contribution in [0.2, 0.25) is 0 Å². The van der Waals surface area contributed by atoms with E-state index in [1.165, 1.54) is 17.7 Å². The number of piperazine rings is 1.